The molecule has 27 heavy (non-hydrogen) atoms. The molecule has 0 saturated carbocycles. The molecule has 3 rings (SSSR count). The maximum atomic E-state index is 13.0. The molecule has 0 radical (unpaired) electrons. The maximum absolute atomic E-state index is 13.0. The lowest BCUT2D eigenvalue weighted by atomic mass is 9.84. The van der Waals surface area contributed by atoms with E-state index in [0.717, 1.165) is 25.2 Å². The van der Waals surface area contributed by atoms with E-state index in [1.54, 1.807) is 12.3 Å². The molecule has 0 fully saturated rings. The fourth-order valence-electron chi connectivity index (χ4n) is 3.81. The number of hydrogen-bond acceptors (Lipinski definition) is 4. The molecule has 2 heterocycles. The first kappa shape index (κ1) is 19.2. The molecule has 144 valence electrons. The molecule has 1 amide bonds. The Bertz CT molecular complexity index is 791. The summed E-state index contributed by atoms with van der Waals surface area (Å²) in [6.45, 7) is 7.89. The number of anilines is 1. The quantitative estimate of drug-likeness (QED) is 0.846. The zero-order chi connectivity index (χ0) is 19.4. The van der Waals surface area contributed by atoms with Crippen molar-refractivity contribution in [3.05, 3.63) is 53.7 Å². The minimum atomic E-state index is -0.333. The molecule has 1 N–H and O–H groups in total. The molecule has 0 bridgehead atoms. The van der Waals surface area contributed by atoms with Crippen LogP contribution in [0.25, 0.3) is 0 Å². The molecular formula is C22H29N3O2. The number of likely N-dealkylation sites (N-methyl/N-ethyl adjacent to an activating group) is 1. The van der Waals surface area contributed by atoms with Gasteiger partial charge in [-0.25, -0.2) is 4.98 Å². The second kappa shape index (κ2) is 7.99. The van der Waals surface area contributed by atoms with Crippen LogP contribution < -0.4 is 15.0 Å². The van der Waals surface area contributed by atoms with E-state index < -0.39 is 0 Å². The van der Waals surface area contributed by atoms with E-state index in [2.05, 4.69) is 43.2 Å². The number of carbonyl (C=O) groups is 1. The largest absolute Gasteiger partial charge is 0.488 e. The van der Waals surface area contributed by atoms with E-state index >= 15 is 0 Å². The molecular weight excluding hydrogens is 338 g/mol. The predicted octanol–water partition coefficient (Wildman–Crippen LogP) is 3.69. The van der Waals surface area contributed by atoms with Gasteiger partial charge in [-0.05, 0) is 37.3 Å². The Morgan fingerprint density at radius 1 is 1.33 bits per heavy atom. The van der Waals surface area contributed by atoms with Crippen LogP contribution in [0.4, 0.5) is 5.82 Å². The normalized spacial score (nSPS) is 15.7. The van der Waals surface area contributed by atoms with Gasteiger partial charge in [-0.15, -0.1) is 0 Å². The Balaban J connectivity index is 1.80. The Hall–Kier alpha value is -2.56. The SMILES string of the molecule is CC(C)CC(C)(Cc1ccccc1)NC(=O)c1cnc2c(c1)OCCN2C. The zero-order valence-corrected chi connectivity index (χ0v) is 16.7. The molecule has 5 heteroatoms. The Labute approximate surface area is 161 Å². The monoisotopic (exact) mass is 367 g/mol. The van der Waals surface area contributed by atoms with Crippen LogP contribution in [-0.4, -0.2) is 36.6 Å². The summed E-state index contributed by atoms with van der Waals surface area (Å²) < 4.78 is 5.69. The smallest absolute Gasteiger partial charge is 0.253 e. The predicted molar refractivity (Wildman–Crippen MR) is 108 cm³/mol. The number of hydrogen-bond donors (Lipinski definition) is 1. The van der Waals surface area contributed by atoms with E-state index in [-0.39, 0.29) is 11.4 Å². The zero-order valence-electron chi connectivity index (χ0n) is 16.7. The van der Waals surface area contributed by atoms with Gasteiger partial charge in [0, 0.05) is 18.8 Å². The number of carbonyl (C=O) groups excluding carboxylic acids is 1. The van der Waals surface area contributed by atoms with E-state index in [4.69, 9.17) is 4.74 Å². The number of rotatable bonds is 6. The van der Waals surface area contributed by atoms with Gasteiger partial charge < -0.3 is 15.0 Å². The maximum Gasteiger partial charge on any atom is 0.253 e. The van der Waals surface area contributed by atoms with Crippen molar-refractivity contribution in [2.24, 2.45) is 5.92 Å². The number of nitrogens with one attached hydrogen (secondary N) is 1. The minimum absolute atomic E-state index is 0.110. The highest BCUT2D eigenvalue weighted by atomic mass is 16.5. The van der Waals surface area contributed by atoms with Crippen LogP contribution in [-0.2, 0) is 6.42 Å². The Kier molecular flexibility index (Phi) is 5.68. The third kappa shape index (κ3) is 4.79. The molecule has 0 saturated heterocycles. The average molecular weight is 367 g/mol. The van der Waals surface area contributed by atoms with Crippen LogP contribution in [0, 0.1) is 5.92 Å². The van der Waals surface area contributed by atoms with E-state index in [1.807, 2.05) is 30.1 Å². The number of nitrogens with zero attached hydrogens (tertiary/aromatic N) is 2. The molecule has 2 aromatic rings. The van der Waals surface area contributed by atoms with E-state index in [0.29, 0.717) is 23.8 Å². The standard InChI is InChI=1S/C22H29N3O2/c1-16(2)13-22(3,14-17-8-6-5-7-9-17)24-21(26)18-12-19-20(23-15-18)25(4)10-11-27-19/h5-9,12,15-16H,10-11,13-14H2,1-4H3,(H,24,26). The van der Waals surface area contributed by atoms with Crippen molar-refractivity contribution < 1.29 is 9.53 Å². The van der Waals surface area contributed by atoms with Crippen LogP contribution in [0.5, 0.6) is 5.75 Å². The van der Waals surface area contributed by atoms with Gasteiger partial charge in [0.15, 0.2) is 11.6 Å². The summed E-state index contributed by atoms with van der Waals surface area (Å²) in [7, 11) is 1.98. The summed E-state index contributed by atoms with van der Waals surface area (Å²) in [5.41, 5.74) is 1.42. The summed E-state index contributed by atoms with van der Waals surface area (Å²) >= 11 is 0. The lowest BCUT2D eigenvalue weighted by molar-refractivity contribution is 0.0893. The molecule has 1 aliphatic rings. The fraction of sp³-hybridized carbons (Fsp3) is 0.455. The van der Waals surface area contributed by atoms with Crippen molar-refractivity contribution in [3.8, 4) is 5.75 Å². The van der Waals surface area contributed by atoms with Crippen molar-refractivity contribution in [1.82, 2.24) is 10.3 Å². The molecule has 1 atom stereocenters. The fourth-order valence-corrected chi connectivity index (χ4v) is 3.81. The number of pyridine rings is 1. The summed E-state index contributed by atoms with van der Waals surface area (Å²) in [5.74, 6) is 1.82. The topological polar surface area (TPSA) is 54.5 Å². The van der Waals surface area contributed by atoms with Crippen molar-refractivity contribution >= 4 is 11.7 Å². The van der Waals surface area contributed by atoms with Gasteiger partial charge in [-0.2, -0.15) is 0 Å². The molecule has 5 nitrogen and oxygen atoms in total. The molecule has 1 aromatic heterocycles. The lowest BCUT2D eigenvalue weighted by Gasteiger charge is -2.33. The second-order valence-electron chi connectivity index (χ2n) is 8.09. The third-order valence-corrected chi connectivity index (χ3v) is 4.85. The molecule has 0 spiro atoms. The minimum Gasteiger partial charge on any atom is -0.488 e. The number of aromatic nitrogens is 1. The lowest BCUT2D eigenvalue weighted by Crippen LogP contribution is -2.48. The Morgan fingerprint density at radius 3 is 2.78 bits per heavy atom. The van der Waals surface area contributed by atoms with Crippen molar-refractivity contribution in [2.75, 3.05) is 25.1 Å². The molecule has 1 unspecified atom stereocenters. The highest BCUT2D eigenvalue weighted by molar-refractivity contribution is 5.95. The third-order valence-electron chi connectivity index (χ3n) is 4.85. The first-order valence-electron chi connectivity index (χ1n) is 9.57. The number of fused-ring (bicyclic) bond motifs is 1. The second-order valence-corrected chi connectivity index (χ2v) is 8.09. The highest BCUT2D eigenvalue weighted by Gasteiger charge is 2.29. The van der Waals surface area contributed by atoms with Crippen molar-refractivity contribution in [3.63, 3.8) is 0 Å². The Morgan fingerprint density at radius 2 is 2.07 bits per heavy atom. The van der Waals surface area contributed by atoms with Crippen molar-refractivity contribution in [2.45, 2.75) is 39.2 Å². The average Bonchev–Trinajstić information content (AvgIpc) is 2.61. The van der Waals surface area contributed by atoms with Crippen LogP contribution in [0.2, 0.25) is 0 Å². The van der Waals surface area contributed by atoms with Gasteiger partial charge in [0.05, 0.1) is 12.1 Å². The molecule has 1 aliphatic heterocycles. The summed E-state index contributed by atoms with van der Waals surface area (Å²) in [6, 6.07) is 12.1. The summed E-state index contributed by atoms with van der Waals surface area (Å²) in [6.07, 6.45) is 3.32. The van der Waals surface area contributed by atoms with Crippen molar-refractivity contribution in [1.29, 1.82) is 0 Å². The number of ether oxygens (including phenoxy) is 1. The summed E-state index contributed by atoms with van der Waals surface area (Å²) in [4.78, 5) is 19.5. The van der Waals surface area contributed by atoms with Gasteiger partial charge in [-0.3, -0.25) is 4.79 Å². The first-order valence-corrected chi connectivity index (χ1v) is 9.57. The number of benzene rings is 1. The highest BCUT2D eigenvalue weighted by Crippen LogP contribution is 2.29. The molecule has 1 aromatic carbocycles. The van der Waals surface area contributed by atoms with E-state index in [1.165, 1.54) is 5.56 Å². The van der Waals surface area contributed by atoms with E-state index in [9.17, 15) is 4.79 Å². The first-order chi connectivity index (χ1) is 12.9. The van der Waals surface area contributed by atoms with Crippen LogP contribution in [0.1, 0.15) is 43.1 Å². The van der Waals surface area contributed by atoms with Gasteiger partial charge >= 0.3 is 0 Å². The van der Waals surface area contributed by atoms with Gasteiger partial charge in [0.25, 0.3) is 5.91 Å². The van der Waals surface area contributed by atoms with Gasteiger partial charge in [0.1, 0.15) is 6.61 Å². The van der Waals surface area contributed by atoms with Gasteiger partial charge in [0.2, 0.25) is 0 Å². The van der Waals surface area contributed by atoms with Crippen LogP contribution in [0.15, 0.2) is 42.6 Å². The van der Waals surface area contributed by atoms with Crippen LogP contribution in [0.3, 0.4) is 0 Å². The van der Waals surface area contributed by atoms with Gasteiger partial charge in [-0.1, -0.05) is 44.2 Å². The van der Waals surface area contributed by atoms with Crippen LogP contribution >= 0.6 is 0 Å². The number of amides is 1. The molecule has 0 aliphatic carbocycles. The summed E-state index contributed by atoms with van der Waals surface area (Å²) in [5, 5.41) is 3.26.